The number of hydrogen-bond acceptors (Lipinski definition) is 9. The van der Waals surface area contributed by atoms with Crippen molar-refractivity contribution in [1.82, 2.24) is 5.32 Å². The molecule has 0 bridgehead atoms. The molecule has 0 aromatic carbocycles. The Kier molecular flexibility index (Phi) is 12.4. The second kappa shape index (κ2) is 14.7. The Labute approximate surface area is 231 Å². The number of hydrogen-bond donors (Lipinski definition) is 3. The van der Waals surface area contributed by atoms with E-state index in [1.54, 1.807) is 13.0 Å². The molecule has 0 aromatic rings. The summed E-state index contributed by atoms with van der Waals surface area (Å²) in [7, 11) is 1.30. The summed E-state index contributed by atoms with van der Waals surface area (Å²) in [6, 6.07) is -0.141. The molecule has 0 spiro atoms. The highest BCUT2D eigenvalue weighted by Gasteiger charge is 2.44. The van der Waals surface area contributed by atoms with Crippen LogP contribution in [0.15, 0.2) is 36.0 Å². The van der Waals surface area contributed by atoms with Gasteiger partial charge in [-0.05, 0) is 52.5 Å². The Balaban J connectivity index is 1.91. The number of carbonyl (C=O) groups excluding carboxylic acids is 3. The summed E-state index contributed by atoms with van der Waals surface area (Å²) in [5.74, 6) is -0.908. The lowest BCUT2D eigenvalue weighted by atomic mass is 9.84. The van der Waals surface area contributed by atoms with E-state index in [1.165, 1.54) is 33.1 Å². The molecule has 9 atom stereocenters. The molecule has 10 nitrogen and oxygen atoms in total. The van der Waals surface area contributed by atoms with Gasteiger partial charge in [-0.2, -0.15) is 0 Å². The van der Waals surface area contributed by atoms with E-state index in [2.05, 4.69) is 12.2 Å². The summed E-state index contributed by atoms with van der Waals surface area (Å²) < 4.78 is 21.8. The summed E-state index contributed by atoms with van der Waals surface area (Å²) in [5, 5.41) is 24.2. The first-order chi connectivity index (χ1) is 18.2. The highest BCUT2D eigenvalue weighted by molar-refractivity contribution is 5.87. The molecule has 10 heteroatoms. The van der Waals surface area contributed by atoms with Crippen LogP contribution in [0.2, 0.25) is 0 Å². The van der Waals surface area contributed by atoms with Gasteiger partial charge >= 0.3 is 11.9 Å². The van der Waals surface area contributed by atoms with E-state index < -0.39 is 42.0 Å². The largest absolute Gasteiger partial charge is 0.469 e. The highest BCUT2D eigenvalue weighted by atomic mass is 16.5. The summed E-state index contributed by atoms with van der Waals surface area (Å²) in [6.45, 7) is 10.5. The Hall–Kier alpha value is -2.53. The van der Waals surface area contributed by atoms with E-state index >= 15 is 0 Å². The van der Waals surface area contributed by atoms with E-state index in [-0.39, 0.29) is 42.9 Å². The van der Waals surface area contributed by atoms with Crippen molar-refractivity contribution in [3.8, 4) is 0 Å². The molecule has 1 amide bonds. The molecule has 220 valence electrons. The van der Waals surface area contributed by atoms with Crippen LogP contribution < -0.4 is 5.32 Å². The molecule has 0 saturated carbocycles. The summed E-state index contributed by atoms with van der Waals surface area (Å²) in [6.07, 6.45) is 6.87. The Morgan fingerprint density at radius 3 is 2.51 bits per heavy atom. The predicted octanol–water partition coefficient (Wildman–Crippen LogP) is 2.52. The molecule has 0 unspecified atom stereocenters. The van der Waals surface area contributed by atoms with Gasteiger partial charge in [0, 0.05) is 19.4 Å². The third-order valence-electron chi connectivity index (χ3n) is 7.20. The van der Waals surface area contributed by atoms with Crippen LogP contribution in [0.1, 0.15) is 67.2 Å². The number of carbonyl (C=O) groups is 3. The fourth-order valence-corrected chi connectivity index (χ4v) is 4.90. The molecule has 2 fully saturated rings. The highest BCUT2D eigenvalue weighted by Crippen LogP contribution is 2.32. The number of allylic oxidation sites excluding steroid dienone is 2. The first-order valence-electron chi connectivity index (χ1n) is 13.5. The zero-order chi connectivity index (χ0) is 29.3. The lowest BCUT2D eigenvalue weighted by Crippen LogP contribution is -2.55. The molecule has 0 aliphatic carbocycles. The quantitative estimate of drug-likeness (QED) is 0.212. The average Bonchev–Trinajstić information content (AvgIpc) is 2.84. The van der Waals surface area contributed by atoms with Crippen molar-refractivity contribution in [3.63, 3.8) is 0 Å². The van der Waals surface area contributed by atoms with E-state index in [0.717, 1.165) is 12.0 Å². The van der Waals surface area contributed by atoms with Gasteiger partial charge in [-0.1, -0.05) is 30.7 Å². The lowest BCUT2D eigenvalue weighted by Gasteiger charge is -2.42. The molecule has 3 N–H and O–H groups in total. The number of aliphatic hydroxyl groups is 2. The maximum Gasteiger partial charge on any atom is 0.308 e. The number of nitrogens with one attached hydrogen (secondary N) is 1. The van der Waals surface area contributed by atoms with Crippen LogP contribution in [-0.2, 0) is 33.3 Å². The zero-order valence-electron chi connectivity index (χ0n) is 24.1. The summed E-state index contributed by atoms with van der Waals surface area (Å²) in [4.78, 5) is 35.0. The first kappa shape index (κ1) is 32.7. The van der Waals surface area contributed by atoms with Crippen molar-refractivity contribution in [2.24, 2.45) is 5.92 Å². The van der Waals surface area contributed by atoms with E-state index in [9.17, 15) is 24.6 Å². The molecule has 0 radical (unpaired) electrons. The normalized spacial score (nSPS) is 34.6. The minimum Gasteiger partial charge on any atom is -0.469 e. The lowest BCUT2D eigenvalue weighted by molar-refractivity contribution is -0.199. The topological polar surface area (TPSA) is 141 Å². The van der Waals surface area contributed by atoms with E-state index in [4.69, 9.17) is 18.9 Å². The molecule has 2 heterocycles. The van der Waals surface area contributed by atoms with Crippen molar-refractivity contribution in [1.29, 1.82) is 0 Å². The number of esters is 2. The van der Waals surface area contributed by atoms with Crippen molar-refractivity contribution in [2.75, 3.05) is 7.11 Å². The smallest absolute Gasteiger partial charge is 0.308 e. The maximum atomic E-state index is 12.3. The number of rotatable bonds is 10. The van der Waals surface area contributed by atoms with Gasteiger partial charge in [0.1, 0.15) is 18.3 Å². The van der Waals surface area contributed by atoms with E-state index in [1.807, 2.05) is 26.0 Å². The van der Waals surface area contributed by atoms with Gasteiger partial charge in [0.25, 0.3) is 0 Å². The van der Waals surface area contributed by atoms with Gasteiger partial charge in [-0.25, -0.2) is 0 Å². The molecule has 0 aromatic heterocycles. The van der Waals surface area contributed by atoms with Gasteiger partial charge < -0.3 is 34.5 Å². The van der Waals surface area contributed by atoms with E-state index in [0.29, 0.717) is 6.42 Å². The second-order valence-electron chi connectivity index (χ2n) is 10.9. The SMILES string of the molecule is COC(=O)C[C@@H]1C[C@](C)(O)[C@H](O)[C@@H](/C=C/C(C)=C/C[C@@H]2O[C@H](C)[C@H](NC(=O)/C=C\[C@H](C)OC(C)=O)C[C@@H]2C)O1. The molecular formula is C29H45NO9. The number of aliphatic hydroxyl groups excluding tert-OH is 1. The number of ether oxygens (including phenoxy) is 4. The van der Waals surface area contributed by atoms with Crippen molar-refractivity contribution in [2.45, 2.75) is 115 Å². The third-order valence-corrected chi connectivity index (χ3v) is 7.20. The summed E-state index contributed by atoms with van der Waals surface area (Å²) in [5.41, 5.74) is -0.459. The van der Waals surface area contributed by atoms with Crippen LogP contribution in [-0.4, -0.2) is 83.4 Å². The molecule has 2 saturated heterocycles. The van der Waals surface area contributed by atoms with Crippen LogP contribution in [0.5, 0.6) is 0 Å². The molecular weight excluding hydrogens is 506 g/mol. The van der Waals surface area contributed by atoms with Gasteiger partial charge in [-0.3, -0.25) is 14.4 Å². The maximum absolute atomic E-state index is 12.3. The minimum atomic E-state index is -1.40. The average molecular weight is 552 g/mol. The van der Waals surface area contributed by atoms with Crippen LogP contribution in [0.25, 0.3) is 0 Å². The monoisotopic (exact) mass is 551 g/mol. The number of amides is 1. The van der Waals surface area contributed by atoms with Crippen LogP contribution in [0, 0.1) is 5.92 Å². The van der Waals surface area contributed by atoms with Gasteiger partial charge in [0.15, 0.2) is 0 Å². The Bertz CT molecular complexity index is 941. The molecule has 2 aliphatic rings. The molecule has 2 rings (SSSR count). The third kappa shape index (κ3) is 10.5. The summed E-state index contributed by atoms with van der Waals surface area (Å²) >= 11 is 0. The molecule has 39 heavy (non-hydrogen) atoms. The molecule has 2 aliphatic heterocycles. The van der Waals surface area contributed by atoms with Crippen LogP contribution >= 0.6 is 0 Å². The number of methoxy groups -OCH3 is 1. The van der Waals surface area contributed by atoms with Crippen molar-refractivity contribution >= 4 is 17.8 Å². The van der Waals surface area contributed by atoms with Crippen LogP contribution in [0.3, 0.4) is 0 Å². The van der Waals surface area contributed by atoms with Gasteiger partial charge in [0.2, 0.25) is 5.91 Å². The minimum absolute atomic E-state index is 0.00123. The first-order valence-corrected chi connectivity index (χ1v) is 13.5. The van der Waals surface area contributed by atoms with Gasteiger partial charge in [0.05, 0.1) is 43.5 Å². The fraction of sp³-hybridized carbons (Fsp3) is 0.690. The standard InChI is InChI=1S/C29H45NO9/c1-17(9-12-25-28(34)29(6,35)16-22(39-25)15-27(33)36-7)8-11-24-18(2)14-23(20(4)38-24)30-26(32)13-10-19(3)37-21(5)31/h8-10,12-13,18-20,22-25,28,34-35H,11,14-16H2,1-7H3,(H,30,32)/b12-9+,13-10-,17-8+/t18-,19-,20+,22+,23+,24-,25+,28+,29-/m0/s1. The van der Waals surface area contributed by atoms with Gasteiger partial charge in [-0.15, -0.1) is 0 Å². The van der Waals surface area contributed by atoms with Crippen molar-refractivity contribution in [3.05, 3.63) is 36.0 Å². The Morgan fingerprint density at radius 2 is 1.87 bits per heavy atom. The zero-order valence-corrected chi connectivity index (χ0v) is 24.1. The van der Waals surface area contributed by atoms with Crippen LogP contribution in [0.4, 0.5) is 0 Å². The Morgan fingerprint density at radius 1 is 1.18 bits per heavy atom. The fourth-order valence-electron chi connectivity index (χ4n) is 4.90. The second-order valence-corrected chi connectivity index (χ2v) is 10.9. The predicted molar refractivity (Wildman–Crippen MR) is 144 cm³/mol. The van der Waals surface area contributed by atoms with Crippen molar-refractivity contribution < 1.29 is 43.5 Å².